The van der Waals surface area contributed by atoms with Gasteiger partial charge in [0.25, 0.3) is 0 Å². The van der Waals surface area contributed by atoms with E-state index in [1.165, 1.54) is 11.8 Å². The molecule has 3 rings (SSSR count). The Morgan fingerprint density at radius 3 is 3.06 bits per heavy atom. The highest BCUT2D eigenvalue weighted by molar-refractivity contribution is 7.98. The Balaban J connectivity index is 1.78. The predicted octanol–water partition coefficient (Wildman–Crippen LogP) is 2.43. The lowest BCUT2D eigenvalue weighted by Crippen LogP contribution is -1.86. The van der Waals surface area contributed by atoms with Gasteiger partial charge in [-0.15, -0.1) is 10.2 Å². The van der Waals surface area contributed by atoms with Crippen LogP contribution in [-0.2, 0) is 5.75 Å². The lowest BCUT2D eigenvalue weighted by atomic mass is 10.4. The lowest BCUT2D eigenvalue weighted by Gasteiger charge is -1.97. The van der Waals surface area contributed by atoms with Crippen LogP contribution in [0.5, 0.6) is 0 Å². The molecule has 3 aromatic heterocycles. The van der Waals surface area contributed by atoms with Crippen molar-refractivity contribution >= 4 is 23.7 Å². The number of hydrogen-bond donors (Lipinski definition) is 0. The molecule has 3 aromatic rings. The molecular weight excluding hydrogens is 250 g/mol. The van der Waals surface area contributed by atoms with Crippen LogP contribution in [0.15, 0.2) is 46.1 Å². The van der Waals surface area contributed by atoms with E-state index >= 15 is 0 Å². The van der Waals surface area contributed by atoms with Crippen LogP contribution in [0, 0.1) is 0 Å². The number of fused-ring (bicyclic) bond motifs is 1. The van der Waals surface area contributed by atoms with Gasteiger partial charge >= 0.3 is 0 Å². The summed E-state index contributed by atoms with van der Waals surface area (Å²) in [6, 6.07) is 9.19. The van der Waals surface area contributed by atoms with Gasteiger partial charge in [0.2, 0.25) is 0 Å². The second-order valence-electron chi connectivity index (χ2n) is 3.62. The average molecular weight is 259 g/mol. The number of thioether (sulfide) groups is 1. The van der Waals surface area contributed by atoms with Crippen molar-refractivity contribution < 1.29 is 9.21 Å². The Morgan fingerprint density at radius 2 is 2.22 bits per heavy atom. The molecule has 0 fully saturated rings. The first-order chi connectivity index (χ1) is 8.86. The van der Waals surface area contributed by atoms with Crippen molar-refractivity contribution in [2.75, 3.05) is 0 Å². The van der Waals surface area contributed by atoms with E-state index in [4.69, 9.17) is 4.42 Å². The zero-order valence-electron chi connectivity index (χ0n) is 9.31. The van der Waals surface area contributed by atoms with Crippen molar-refractivity contribution in [2.24, 2.45) is 0 Å². The van der Waals surface area contributed by atoms with Gasteiger partial charge in [-0.25, -0.2) is 0 Å². The molecule has 0 aliphatic carbocycles. The van der Waals surface area contributed by atoms with Gasteiger partial charge in [0, 0.05) is 6.20 Å². The van der Waals surface area contributed by atoms with Crippen molar-refractivity contribution in [3.63, 3.8) is 0 Å². The standard InChI is InChI=1S/C12H9N3O2S/c16-7-9-4-5-10(17-9)8-18-12-14-13-11-3-1-2-6-15(11)12/h1-7H,8H2. The van der Waals surface area contributed by atoms with E-state index in [1.54, 1.807) is 12.1 Å². The molecule has 0 bridgehead atoms. The number of aromatic nitrogens is 3. The Morgan fingerprint density at radius 1 is 1.28 bits per heavy atom. The number of rotatable bonds is 4. The summed E-state index contributed by atoms with van der Waals surface area (Å²) in [7, 11) is 0. The third-order valence-electron chi connectivity index (χ3n) is 2.42. The monoisotopic (exact) mass is 259 g/mol. The molecule has 18 heavy (non-hydrogen) atoms. The smallest absolute Gasteiger partial charge is 0.196 e. The first-order valence-corrected chi connectivity index (χ1v) is 6.32. The largest absolute Gasteiger partial charge is 0.457 e. The number of pyridine rings is 1. The molecule has 0 saturated heterocycles. The van der Waals surface area contributed by atoms with Gasteiger partial charge in [0.05, 0.1) is 5.75 Å². The molecule has 3 heterocycles. The summed E-state index contributed by atoms with van der Waals surface area (Å²) in [5.41, 5.74) is 0.813. The number of carbonyl (C=O) groups is 1. The quantitative estimate of drug-likeness (QED) is 0.532. The molecular formula is C12H9N3O2S. The number of carbonyl (C=O) groups excluding carboxylic acids is 1. The van der Waals surface area contributed by atoms with Crippen LogP contribution >= 0.6 is 11.8 Å². The van der Waals surface area contributed by atoms with E-state index < -0.39 is 0 Å². The maximum absolute atomic E-state index is 10.5. The fourth-order valence-electron chi connectivity index (χ4n) is 1.59. The maximum atomic E-state index is 10.5. The number of furan rings is 1. The molecule has 0 N–H and O–H groups in total. The first kappa shape index (κ1) is 11.0. The van der Waals surface area contributed by atoms with Crippen LogP contribution in [-0.4, -0.2) is 20.9 Å². The van der Waals surface area contributed by atoms with Crippen LogP contribution in [0.3, 0.4) is 0 Å². The predicted molar refractivity (Wildman–Crippen MR) is 66.6 cm³/mol. The third kappa shape index (κ3) is 2.02. The zero-order valence-corrected chi connectivity index (χ0v) is 10.1. The highest BCUT2D eigenvalue weighted by Crippen LogP contribution is 2.22. The van der Waals surface area contributed by atoms with E-state index in [-0.39, 0.29) is 0 Å². The van der Waals surface area contributed by atoms with Gasteiger partial charge in [-0.2, -0.15) is 0 Å². The van der Waals surface area contributed by atoms with Crippen molar-refractivity contribution in [1.82, 2.24) is 14.6 Å². The minimum atomic E-state index is 0.344. The molecule has 6 heteroatoms. The van der Waals surface area contributed by atoms with Crippen molar-refractivity contribution in [3.8, 4) is 0 Å². The maximum Gasteiger partial charge on any atom is 0.196 e. The van der Waals surface area contributed by atoms with Crippen LogP contribution < -0.4 is 0 Å². The topological polar surface area (TPSA) is 60.4 Å². The highest BCUT2D eigenvalue weighted by Gasteiger charge is 2.07. The van der Waals surface area contributed by atoms with E-state index in [1.807, 2.05) is 28.8 Å². The van der Waals surface area contributed by atoms with E-state index in [2.05, 4.69) is 10.2 Å². The Hall–Kier alpha value is -2.08. The SMILES string of the molecule is O=Cc1ccc(CSc2nnc3ccccn23)o1. The average Bonchev–Trinajstić information content (AvgIpc) is 3.03. The van der Waals surface area contributed by atoms with Crippen molar-refractivity contribution in [1.29, 1.82) is 0 Å². The molecule has 0 aliphatic heterocycles. The van der Waals surface area contributed by atoms with Crippen LogP contribution in [0.4, 0.5) is 0 Å². The van der Waals surface area contributed by atoms with E-state index in [0.717, 1.165) is 16.6 Å². The molecule has 0 saturated carbocycles. The van der Waals surface area contributed by atoms with Crippen LogP contribution in [0.2, 0.25) is 0 Å². The minimum absolute atomic E-state index is 0.344. The second-order valence-corrected chi connectivity index (χ2v) is 4.56. The fraction of sp³-hybridized carbons (Fsp3) is 0.0833. The van der Waals surface area contributed by atoms with Gasteiger partial charge < -0.3 is 4.42 Å². The number of aldehydes is 1. The summed E-state index contributed by atoms with van der Waals surface area (Å²) in [6.07, 6.45) is 2.61. The summed E-state index contributed by atoms with van der Waals surface area (Å²) < 4.78 is 7.21. The van der Waals surface area contributed by atoms with Crippen LogP contribution in [0.1, 0.15) is 16.3 Å². The van der Waals surface area contributed by atoms with Gasteiger partial charge in [0.1, 0.15) is 5.76 Å². The summed E-state index contributed by atoms with van der Waals surface area (Å²) in [6.45, 7) is 0. The van der Waals surface area contributed by atoms with Gasteiger partial charge in [-0.3, -0.25) is 9.20 Å². The normalized spacial score (nSPS) is 10.9. The van der Waals surface area contributed by atoms with Gasteiger partial charge in [-0.1, -0.05) is 17.8 Å². The van der Waals surface area contributed by atoms with Gasteiger partial charge in [-0.05, 0) is 24.3 Å². The van der Waals surface area contributed by atoms with E-state index in [9.17, 15) is 4.79 Å². The summed E-state index contributed by atoms with van der Waals surface area (Å²) >= 11 is 1.51. The number of hydrogen-bond acceptors (Lipinski definition) is 5. The molecule has 0 atom stereocenters. The molecule has 0 amide bonds. The molecule has 0 spiro atoms. The third-order valence-corrected chi connectivity index (χ3v) is 3.39. The molecule has 0 radical (unpaired) electrons. The minimum Gasteiger partial charge on any atom is -0.457 e. The molecule has 0 unspecified atom stereocenters. The fourth-order valence-corrected chi connectivity index (χ4v) is 2.41. The molecule has 5 nitrogen and oxygen atoms in total. The van der Waals surface area contributed by atoms with Crippen molar-refractivity contribution in [2.45, 2.75) is 10.9 Å². The Labute approximate surface area is 107 Å². The number of nitrogens with zero attached hydrogens (tertiary/aromatic N) is 3. The second kappa shape index (κ2) is 4.66. The molecule has 0 aliphatic rings. The first-order valence-electron chi connectivity index (χ1n) is 5.33. The highest BCUT2D eigenvalue weighted by atomic mass is 32.2. The molecule has 0 aromatic carbocycles. The van der Waals surface area contributed by atoms with Gasteiger partial charge in [0.15, 0.2) is 22.9 Å². The molecule has 90 valence electrons. The summed E-state index contributed by atoms with van der Waals surface area (Å²) in [4.78, 5) is 10.5. The summed E-state index contributed by atoms with van der Waals surface area (Å²) in [5, 5.41) is 8.96. The summed E-state index contributed by atoms with van der Waals surface area (Å²) in [5.74, 6) is 1.70. The van der Waals surface area contributed by atoms with Crippen molar-refractivity contribution in [3.05, 3.63) is 48.0 Å². The Kier molecular flexibility index (Phi) is 2.85. The van der Waals surface area contributed by atoms with Crippen LogP contribution in [0.25, 0.3) is 5.65 Å². The van der Waals surface area contributed by atoms with E-state index in [0.29, 0.717) is 17.8 Å². The Bertz CT molecular complexity index is 689. The lowest BCUT2D eigenvalue weighted by molar-refractivity contribution is 0.109. The zero-order chi connectivity index (χ0) is 12.4.